The Morgan fingerprint density at radius 3 is 2.68 bits per heavy atom. The number of fused-ring (bicyclic) bond motifs is 1. The first kappa shape index (κ1) is 17.1. The Kier molecular flexibility index (Phi) is 5.09. The maximum atomic E-state index is 12.2. The summed E-state index contributed by atoms with van der Waals surface area (Å²) in [7, 11) is 0. The third kappa shape index (κ3) is 4.03. The normalized spacial score (nSPS) is 11.9. The largest absolute Gasteiger partial charge is 0.454 e. The molecule has 25 heavy (non-hydrogen) atoms. The monoisotopic (exact) mass is 360 g/mol. The number of rotatable bonds is 5. The van der Waals surface area contributed by atoms with Gasteiger partial charge in [0.1, 0.15) is 0 Å². The van der Waals surface area contributed by atoms with Gasteiger partial charge >= 0.3 is 0 Å². The van der Waals surface area contributed by atoms with Crippen LogP contribution in [0, 0.1) is 0 Å². The fraction of sp³-hybridized carbons (Fsp3) is 0.222. The molecule has 7 heteroatoms. The molecule has 0 saturated heterocycles. The maximum Gasteiger partial charge on any atom is 0.231 e. The van der Waals surface area contributed by atoms with Crippen LogP contribution < -0.4 is 19.7 Å². The van der Waals surface area contributed by atoms with E-state index in [1.165, 1.54) is 11.8 Å². The van der Waals surface area contributed by atoms with Crippen molar-refractivity contribution in [2.45, 2.75) is 13.3 Å². The van der Waals surface area contributed by atoms with Crippen LogP contribution in [0.2, 0.25) is 5.02 Å². The first-order valence-electron chi connectivity index (χ1n) is 7.77. The Balaban J connectivity index is 1.65. The summed E-state index contributed by atoms with van der Waals surface area (Å²) < 4.78 is 10.6. The van der Waals surface area contributed by atoms with Gasteiger partial charge in [-0.2, -0.15) is 0 Å². The summed E-state index contributed by atoms with van der Waals surface area (Å²) in [6, 6.07) is 12.2. The first-order valence-corrected chi connectivity index (χ1v) is 8.14. The van der Waals surface area contributed by atoms with Crippen molar-refractivity contribution in [2.24, 2.45) is 0 Å². The molecule has 2 aromatic rings. The van der Waals surface area contributed by atoms with E-state index in [1.54, 1.807) is 42.5 Å². The Hall–Kier alpha value is -2.73. The van der Waals surface area contributed by atoms with Gasteiger partial charge in [-0.25, -0.2) is 0 Å². The highest BCUT2D eigenvalue weighted by Gasteiger charge is 2.19. The van der Waals surface area contributed by atoms with Crippen LogP contribution >= 0.6 is 11.6 Å². The van der Waals surface area contributed by atoms with Crippen LogP contribution in [-0.2, 0) is 9.59 Å². The van der Waals surface area contributed by atoms with E-state index in [2.05, 4.69) is 5.32 Å². The zero-order chi connectivity index (χ0) is 17.8. The molecule has 3 rings (SSSR count). The van der Waals surface area contributed by atoms with Gasteiger partial charge in [0.25, 0.3) is 0 Å². The van der Waals surface area contributed by atoms with Crippen molar-refractivity contribution in [2.75, 3.05) is 23.6 Å². The zero-order valence-electron chi connectivity index (χ0n) is 13.6. The summed E-state index contributed by atoms with van der Waals surface area (Å²) in [5.74, 6) is 0.845. The molecule has 1 heterocycles. The topological polar surface area (TPSA) is 67.9 Å². The fourth-order valence-electron chi connectivity index (χ4n) is 2.51. The molecular weight excluding hydrogens is 344 g/mol. The Labute approximate surface area is 150 Å². The number of para-hydroxylation sites is 1. The number of nitrogens with zero attached hydrogens (tertiary/aromatic N) is 1. The molecule has 0 spiro atoms. The van der Waals surface area contributed by atoms with Crippen LogP contribution in [0.5, 0.6) is 11.5 Å². The molecule has 0 aliphatic carbocycles. The van der Waals surface area contributed by atoms with Gasteiger partial charge in [0.05, 0.1) is 10.7 Å². The number of anilines is 2. The van der Waals surface area contributed by atoms with Crippen LogP contribution in [0.25, 0.3) is 0 Å². The molecule has 1 aliphatic rings. The quantitative estimate of drug-likeness (QED) is 0.886. The molecule has 1 N–H and O–H groups in total. The lowest BCUT2D eigenvalue weighted by Gasteiger charge is -2.21. The Bertz CT molecular complexity index is 809. The number of benzene rings is 2. The number of hydrogen-bond acceptors (Lipinski definition) is 4. The summed E-state index contributed by atoms with van der Waals surface area (Å²) in [6.45, 7) is 1.86. The van der Waals surface area contributed by atoms with E-state index in [-0.39, 0.29) is 31.6 Å². The second-order valence-corrected chi connectivity index (χ2v) is 5.89. The van der Waals surface area contributed by atoms with Gasteiger partial charge in [-0.1, -0.05) is 23.7 Å². The molecule has 0 atom stereocenters. The van der Waals surface area contributed by atoms with Crippen LogP contribution in [0.15, 0.2) is 42.5 Å². The summed E-state index contributed by atoms with van der Waals surface area (Å²) in [5, 5.41) is 3.21. The van der Waals surface area contributed by atoms with Crippen molar-refractivity contribution >= 4 is 34.8 Å². The number of carbonyl (C=O) groups is 2. The number of ether oxygens (including phenoxy) is 2. The van der Waals surface area contributed by atoms with Crippen molar-refractivity contribution < 1.29 is 19.1 Å². The zero-order valence-corrected chi connectivity index (χ0v) is 14.4. The molecule has 2 amide bonds. The fourth-order valence-corrected chi connectivity index (χ4v) is 2.69. The van der Waals surface area contributed by atoms with Gasteiger partial charge in [0, 0.05) is 31.6 Å². The average molecular weight is 361 g/mol. The summed E-state index contributed by atoms with van der Waals surface area (Å²) >= 11 is 6.03. The van der Waals surface area contributed by atoms with E-state index >= 15 is 0 Å². The minimum Gasteiger partial charge on any atom is -0.454 e. The molecule has 2 aromatic carbocycles. The predicted octanol–water partition coefficient (Wildman–Crippen LogP) is 3.45. The summed E-state index contributed by atoms with van der Waals surface area (Å²) in [4.78, 5) is 25.7. The molecule has 0 fully saturated rings. The van der Waals surface area contributed by atoms with Crippen LogP contribution in [0.1, 0.15) is 13.3 Å². The molecule has 0 radical (unpaired) electrons. The van der Waals surface area contributed by atoms with Crippen LogP contribution in [0.3, 0.4) is 0 Å². The van der Waals surface area contributed by atoms with Gasteiger partial charge in [-0.15, -0.1) is 0 Å². The molecule has 130 valence electrons. The molecule has 0 saturated carbocycles. The highest BCUT2D eigenvalue weighted by Crippen LogP contribution is 2.35. The van der Waals surface area contributed by atoms with E-state index in [4.69, 9.17) is 21.1 Å². The van der Waals surface area contributed by atoms with Gasteiger partial charge in [0.2, 0.25) is 18.6 Å². The average Bonchev–Trinajstić information content (AvgIpc) is 3.04. The first-order chi connectivity index (χ1) is 12.0. The molecule has 0 unspecified atom stereocenters. The second-order valence-electron chi connectivity index (χ2n) is 5.49. The van der Waals surface area contributed by atoms with Gasteiger partial charge in [-0.3, -0.25) is 9.59 Å². The lowest BCUT2D eigenvalue weighted by Crippen LogP contribution is -2.31. The van der Waals surface area contributed by atoms with Gasteiger partial charge in [-0.05, 0) is 24.3 Å². The van der Waals surface area contributed by atoms with E-state index in [9.17, 15) is 9.59 Å². The molecule has 6 nitrogen and oxygen atoms in total. The highest BCUT2D eigenvalue weighted by atomic mass is 35.5. The Morgan fingerprint density at radius 1 is 1.16 bits per heavy atom. The molecule has 1 aliphatic heterocycles. The van der Waals surface area contributed by atoms with Crippen molar-refractivity contribution in [3.05, 3.63) is 47.5 Å². The third-order valence-corrected chi connectivity index (χ3v) is 4.09. The van der Waals surface area contributed by atoms with Crippen LogP contribution in [0.4, 0.5) is 11.4 Å². The van der Waals surface area contributed by atoms with E-state index in [0.29, 0.717) is 27.9 Å². The number of carbonyl (C=O) groups excluding carboxylic acids is 2. The lowest BCUT2D eigenvalue weighted by molar-refractivity contribution is -0.117. The van der Waals surface area contributed by atoms with Crippen molar-refractivity contribution in [1.82, 2.24) is 0 Å². The minimum absolute atomic E-state index is 0.138. The number of nitrogens with one attached hydrogen (secondary N) is 1. The number of halogens is 1. The molecular formula is C18H17ClN2O4. The summed E-state index contributed by atoms with van der Waals surface area (Å²) in [6.07, 6.45) is 0.138. The standard InChI is InChI=1S/C18H17ClN2O4/c1-12(22)21(13-6-7-16-17(10-13)25-11-24-16)9-8-18(23)20-15-5-3-2-4-14(15)19/h2-7,10H,8-9,11H2,1H3,(H,20,23). The highest BCUT2D eigenvalue weighted by molar-refractivity contribution is 6.33. The van der Waals surface area contributed by atoms with E-state index in [0.717, 1.165) is 0 Å². The third-order valence-electron chi connectivity index (χ3n) is 3.76. The van der Waals surface area contributed by atoms with Crippen molar-refractivity contribution in [3.63, 3.8) is 0 Å². The predicted molar refractivity (Wildman–Crippen MR) is 95.3 cm³/mol. The maximum absolute atomic E-state index is 12.2. The van der Waals surface area contributed by atoms with Crippen LogP contribution in [-0.4, -0.2) is 25.2 Å². The van der Waals surface area contributed by atoms with Gasteiger partial charge in [0.15, 0.2) is 11.5 Å². The number of amides is 2. The van der Waals surface area contributed by atoms with Gasteiger partial charge < -0.3 is 19.7 Å². The second kappa shape index (κ2) is 7.44. The molecule has 0 aromatic heterocycles. The summed E-state index contributed by atoms with van der Waals surface area (Å²) in [5.41, 5.74) is 1.20. The Morgan fingerprint density at radius 2 is 1.92 bits per heavy atom. The van der Waals surface area contributed by atoms with Crippen molar-refractivity contribution in [3.8, 4) is 11.5 Å². The SMILES string of the molecule is CC(=O)N(CCC(=O)Nc1ccccc1Cl)c1ccc2c(c1)OCO2. The van der Waals surface area contributed by atoms with E-state index < -0.39 is 0 Å². The number of hydrogen-bond donors (Lipinski definition) is 1. The van der Waals surface area contributed by atoms with E-state index in [1.807, 2.05) is 0 Å². The smallest absolute Gasteiger partial charge is 0.231 e. The van der Waals surface area contributed by atoms with Crippen molar-refractivity contribution in [1.29, 1.82) is 0 Å². The minimum atomic E-state index is -0.222. The lowest BCUT2D eigenvalue weighted by atomic mass is 10.2. The molecule has 0 bridgehead atoms.